The fraction of sp³-hybridized carbons (Fsp3) is 0.409. The number of carbonyl (C=O) groups excluding carboxylic acids is 1. The van der Waals surface area contributed by atoms with E-state index < -0.39 is 0 Å². The number of hydrogen-bond acceptors (Lipinski definition) is 6. The summed E-state index contributed by atoms with van der Waals surface area (Å²) in [7, 11) is 0. The van der Waals surface area contributed by atoms with E-state index in [1.165, 1.54) is 11.8 Å². The predicted octanol–water partition coefficient (Wildman–Crippen LogP) is 3.79. The Morgan fingerprint density at radius 2 is 1.93 bits per heavy atom. The molecule has 0 N–H and O–H groups in total. The van der Waals surface area contributed by atoms with Gasteiger partial charge in [0.15, 0.2) is 11.5 Å². The first kappa shape index (κ1) is 21.0. The largest absolute Gasteiger partial charge is 0.486 e. The zero-order valence-electron chi connectivity index (χ0n) is 17.2. The molecule has 0 radical (unpaired) electrons. The Labute approximate surface area is 175 Å². The van der Waals surface area contributed by atoms with Gasteiger partial charge in [-0.05, 0) is 56.5 Å². The van der Waals surface area contributed by atoms with Crippen LogP contribution in [0.4, 0.5) is 0 Å². The molecule has 6 nitrogen and oxygen atoms in total. The highest BCUT2D eigenvalue weighted by Gasteiger charge is 2.18. The van der Waals surface area contributed by atoms with E-state index in [9.17, 15) is 10.1 Å². The van der Waals surface area contributed by atoms with E-state index in [2.05, 4.69) is 11.1 Å². The second kappa shape index (κ2) is 9.19. The number of nitriles is 1. The van der Waals surface area contributed by atoms with Crippen LogP contribution >= 0.6 is 11.8 Å². The molecule has 1 aromatic carbocycles. The van der Waals surface area contributed by atoms with Crippen molar-refractivity contribution < 1.29 is 14.3 Å². The quantitative estimate of drug-likeness (QED) is 0.673. The average Bonchev–Trinajstić information content (AvgIpc) is 2.74. The Morgan fingerprint density at radius 3 is 2.62 bits per heavy atom. The topological polar surface area (TPSA) is 75.5 Å². The van der Waals surface area contributed by atoms with Gasteiger partial charge in [-0.1, -0.05) is 17.8 Å². The lowest BCUT2D eigenvalue weighted by Gasteiger charge is -2.23. The van der Waals surface area contributed by atoms with Crippen LogP contribution in [-0.2, 0) is 11.3 Å². The van der Waals surface area contributed by atoms with Crippen LogP contribution in [0, 0.1) is 32.1 Å². The van der Waals surface area contributed by atoms with E-state index in [1.807, 2.05) is 45.9 Å². The predicted molar refractivity (Wildman–Crippen MR) is 112 cm³/mol. The Morgan fingerprint density at radius 1 is 1.21 bits per heavy atom. The molecular weight excluding hydrogens is 386 g/mol. The van der Waals surface area contributed by atoms with Crippen molar-refractivity contribution in [3.8, 4) is 17.6 Å². The lowest BCUT2D eigenvalue weighted by molar-refractivity contribution is -0.128. The van der Waals surface area contributed by atoms with E-state index >= 15 is 0 Å². The molecular formula is C22H25N3O3S. The number of hydrogen-bond donors (Lipinski definition) is 0. The first-order chi connectivity index (χ1) is 13.9. The molecule has 0 fully saturated rings. The summed E-state index contributed by atoms with van der Waals surface area (Å²) in [6.45, 7) is 9.95. The van der Waals surface area contributed by atoms with Crippen LogP contribution in [-0.4, -0.2) is 41.3 Å². The summed E-state index contributed by atoms with van der Waals surface area (Å²) < 4.78 is 11.2. The van der Waals surface area contributed by atoms with E-state index in [0.717, 1.165) is 33.9 Å². The molecule has 0 spiro atoms. The molecule has 7 heteroatoms. The van der Waals surface area contributed by atoms with E-state index in [1.54, 1.807) is 4.90 Å². The Hall–Kier alpha value is -2.72. The van der Waals surface area contributed by atoms with Crippen LogP contribution in [0.5, 0.6) is 11.5 Å². The van der Waals surface area contributed by atoms with Crippen molar-refractivity contribution in [2.45, 2.75) is 39.3 Å². The number of pyridine rings is 1. The minimum atomic E-state index is 0.00830. The first-order valence-corrected chi connectivity index (χ1v) is 10.6. The van der Waals surface area contributed by atoms with Crippen molar-refractivity contribution >= 4 is 17.7 Å². The number of carbonyl (C=O) groups is 1. The van der Waals surface area contributed by atoms with E-state index in [0.29, 0.717) is 36.9 Å². The molecule has 0 unspecified atom stereocenters. The van der Waals surface area contributed by atoms with Gasteiger partial charge in [0.1, 0.15) is 24.3 Å². The third-order valence-electron chi connectivity index (χ3n) is 5.12. The lowest BCUT2D eigenvalue weighted by Crippen LogP contribution is -2.31. The summed E-state index contributed by atoms with van der Waals surface area (Å²) in [5.41, 5.74) is 4.39. The molecule has 0 aliphatic carbocycles. The normalized spacial score (nSPS) is 12.4. The first-order valence-electron chi connectivity index (χ1n) is 9.61. The van der Waals surface area contributed by atoms with Gasteiger partial charge in [0.2, 0.25) is 5.91 Å². The summed E-state index contributed by atoms with van der Waals surface area (Å²) >= 11 is 1.32. The van der Waals surface area contributed by atoms with Gasteiger partial charge in [-0.3, -0.25) is 4.79 Å². The van der Waals surface area contributed by atoms with Crippen molar-refractivity contribution in [1.29, 1.82) is 5.26 Å². The molecule has 1 aliphatic heterocycles. The molecule has 1 aliphatic rings. The molecule has 0 bridgehead atoms. The van der Waals surface area contributed by atoms with Crippen LogP contribution in [0.25, 0.3) is 0 Å². The molecule has 29 heavy (non-hydrogen) atoms. The number of rotatable bonds is 6. The Kier molecular flexibility index (Phi) is 6.65. The van der Waals surface area contributed by atoms with Crippen molar-refractivity contribution in [2.75, 3.05) is 25.5 Å². The van der Waals surface area contributed by atoms with Crippen LogP contribution in [0.3, 0.4) is 0 Å². The minimum absolute atomic E-state index is 0.00830. The fourth-order valence-corrected chi connectivity index (χ4v) is 4.14. The molecule has 152 valence electrons. The molecule has 0 saturated carbocycles. The second-order valence-electron chi connectivity index (χ2n) is 6.91. The van der Waals surface area contributed by atoms with E-state index in [4.69, 9.17) is 9.47 Å². The maximum Gasteiger partial charge on any atom is 0.233 e. The molecule has 0 saturated heterocycles. The number of thioether (sulfide) groups is 1. The average molecular weight is 412 g/mol. The van der Waals surface area contributed by atoms with Crippen LogP contribution < -0.4 is 9.47 Å². The number of nitrogens with zero attached hydrogens (tertiary/aromatic N) is 3. The number of amides is 1. The smallest absolute Gasteiger partial charge is 0.233 e. The van der Waals surface area contributed by atoms with Gasteiger partial charge in [0.05, 0.1) is 11.3 Å². The van der Waals surface area contributed by atoms with Gasteiger partial charge in [-0.15, -0.1) is 0 Å². The van der Waals surface area contributed by atoms with Crippen molar-refractivity contribution in [2.24, 2.45) is 0 Å². The monoisotopic (exact) mass is 411 g/mol. The van der Waals surface area contributed by atoms with Crippen LogP contribution in [0.1, 0.15) is 34.9 Å². The van der Waals surface area contributed by atoms with Crippen molar-refractivity contribution in [3.05, 3.63) is 46.1 Å². The number of fused-ring (bicyclic) bond motifs is 1. The van der Waals surface area contributed by atoms with Crippen LogP contribution in [0.2, 0.25) is 0 Å². The summed E-state index contributed by atoms with van der Waals surface area (Å²) in [6.07, 6.45) is 0. The SMILES string of the molecule is CCN(Cc1ccc2c(c1)OCCO2)C(=O)CSc1nc(C)c(C)c(C)c1C#N. The molecule has 2 heterocycles. The maximum absolute atomic E-state index is 12.8. The zero-order valence-corrected chi connectivity index (χ0v) is 18.1. The van der Waals surface area contributed by atoms with Gasteiger partial charge < -0.3 is 14.4 Å². The highest BCUT2D eigenvalue weighted by molar-refractivity contribution is 8.00. The summed E-state index contributed by atoms with van der Waals surface area (Å²) in [5, 5.41) is 10.1. The van der Waals surface area contributed by atoms with Gasteiger partial charge in [0, 0.05) is 18.8 Å². The maximum atomic E-state index is 12.8. The highest BCUT2D eigenvalue weighted by Crippen LogP contribution is 2.31. The summed E-state index contributed by atoms with van der Waals surface area (Å²) in [6, 6.07) is 8.01. The highest BCUT2D eigenvalue weighted by atomic mass is 32.2. The van der Waals surface area contributed by atoms with Gasteiger partial charge >= 0.3 is 0 Å². The van der Waals surface area contributed by atoms with Crippen LogP contribution in [0.15, 0.2) is 23.2 Å². The number of aryl methyl sites for hydroxylation is 1. The number of aromatic nitrogens is 1. The third-order valence-corrected chi connectivity index (χ3v) is 6.08. The second-order valence-corrected chi connectivity index (χ2v) is 7.88. The molecule has 0 atom stereocenters. The van der Waals surface area contributed by atoms with Gasteiger partial charge in [-0.25, -0.2) is 4.98 Å². The van der Waals surface area contributed by atoms with Gasteiger partial charge in [-0.2, -0.15) is 5.26 Å². The van der Waals surface area contributed by atoms with E-state index in [-0.39, 0.29) is 11.7 Å². The molecule has 3 rings (SSSR count). The number of ether oxygens (including phenoxy) is 2. The zero-order chi connectivity index (χ0) is 21.0. The number of benzene rings is 1. The van der Waals surface area contributed by atoms with Crippen molar-refractivity contribution in [1.82, 2.24) is 9.88 Å². The summed E-state index contributed by atoms with van der Waals surface area (Å²) in [5.74, 6) is 1.71. The molecule has 2 aromatic rings. The lowest BCUT2D eigenvalue weighted by atomic mass is 10.1. The minimum Gasteiger partial charge on any atom is -0.486 e. The van der Waals surface area contributed by atoms with Gasteiger partial charge in [0.25, 0.3) is 0 Å². The standard InChI is InChI=1S/C22H25N3O3S/c1-5-25(12-17-6-7-19-20(10-17)28-9-8-27-19)21(26)13-29-22-18(11-23)15(3)14(2)16(4)24-22/h6-7,10H,5,8-9,12-13H2,1-4H3. The molecule has 1 amide bonds. The Bertz CT molecular complexity index is 969. The van der Waals surface area contributed by atoms with Crippen molar-refractivity contribution in [3.63, 3.8) is 0 Å². The Balaban J connectivity index is 1.69. The summed E-state index contributed by atoms with van der Waals surface area (Å²) in [4.78, 5) is 19.1. The molecule has 1 aromatic heterocycles. The fourth-order valence-electron chi connectivity index (χ4n) is 3.15. The third kappa shape index (κ3) is 4.65.